The zero-order valence-electron chi connectivity index (χ0n) is 20.7. The van der Waals surface area contributed by atoms with E-state index < -0.39 is 0 Å². The molecule has 0 aliphatic carbocycles. The van der Waals surface area contributed by atoms with Gasteiger partial charge in [0.15, 0.2) is 0 Å². The fourth-order valence-corrected chi connectivity index (χ4v) is 4.85. The van der Waals surface area contributed by atoms with Crippen molar-refractivity contribution >= 4 is 22.7 Å². The Balaban J connectivity index is 1.65. The fraction of sp³-hybridized carbons (Fsp3) is 0.357. The highest BCUT2D eigenvalue weighted by Crippen LogP contribution is 2.36. The number of anilines is 2. The molecule has 0 saturated carbocycles. The molecule has 35 heavy (non-hydrogen) atoms. The molecule has 0 spiro atoms. The monoisotopic (exact) mass is 471 g/mol. The summed E-state index contributed by atoms with van der Waals surface area (Å²) >= 11 is 0. The van der Waals surface area contributed by atoms with E-state index in [-0.39, 0.29) is 30.2 Å². The smallest absolute Gasteiger partial charge is 0.228 e. The van der Waals surface area contributed by atoms with Crippen LogP contribution in [0.3, 0.4) is 0 Å². The average Bonchev–Trinajstić information content (AvgIpc) is 3.20. The number of benzene rings is 2. The Morgan fingerprint density at radius 1 is 0.914 bits per heavy atom. The maximum Gasteiger partial charge on any atom is 0.228 e. The summed E-state index contributed by atoms with van der Waals surface area (Å²) in [4.78, 5) is 12.0. The third-order valence-electron chi connectivity index (χ3n) is 6.46. The Labute approximate surface area is 206 Å². The summed E-state index contributed by atoms with van der Waals surface area (Å²) in [6, 6.07) is 20.7. The second kappa shape index (κ2) is 9.58. The number of fused-ring (bicyclic) bond motifs is 1. The quantitative estimate of drug-likeness (QED) is 0.385. The largest absolute Gasteiger partial charge is 0.493 e. The van der Waals surface area contributed by atoms with Crippen LogP contribution >= 0.6 is 0 Å². The van der Waals surface area contributed by atoms with Crippen molar-refractivity contribution in [2.45, 2.75) is 52.0 Å². The first kappa shape index (κ1) is 23.2. The second-order valence-corrected chi connectivity index (χ2v) is 9.65. The molecule has 2 aromatic heterocycles. The van der Waals surface area contributed by atoms with E-state index >= 15 is 0 Å². The molecule has 7 heteroatoms. The Hall–Kier alpha value is -3.58. The third kappa shape index (κ3) is 4.68. The van der Waals surface area contributed by atoms with Gasteiger partial charge in [0.25, 0.3) is 0 Å². The first-order chi connectivity index (χ1) is 16.9. The lowest BCUT2D eigenvalue weighted by atomic mass is 9.98. The first-order valence-corrected chi connectivity index (χ1v) is 12.3. The molecule has 1 fully saturated rings. The van der Waals surface area contributed by atoms with Crippen molar-refractivity contribution in [1.82, 2.24) is 14.5 Å². The minimum absolute atomic E-state index is 0.0738. The topological polar surface area (TPSA) is 75.4 Å². The Morgan fingerprint density at radius 2 is 1.49 bits per heavy atom. The molecule has 0 amide bonds. The summed E-state index contributed by atoms with van der Waals surface area (Å²) in [5.41, 5.74) is 2.82. The Bertz CT molecular complexity index is 1240. The SMILES string of the molecule is CC1CN(c2nc(NC(c3ccccc3)c3ccccc3)c3cn(C(C)C)c(O)c3n2)CC(C)O1. The molecule has 2 atom stereocenters. The predicted octanol–water partition coefficient (Wildman–Crippen LogP) is 5.53. The standard InChI is InChI=1S/C28H33N5O2/c1-18(2)33-17-23-25(27(33)34)30-28(32-15-19(3)35-20(4)16-32)31-26(23)29-24(21-11-7-5-8-12-21)22-13-9-6-10-14-22/h5-14,17-20,24,34H,15-16H2,1-4H3,(H,29,30,31). The first-order valence-electron chi connectivity index (χ1n) is 12.3. The van der Waals surface area contributed by atoms with Gasteiger partial charge in [-0.25, -0.2) is 4.98 Å². The number of morpholine rings is 1. The average molecular weight is 472 g/mol. The number of aromatic hydroxyl groups is 1. The number of hydrogen-bond acceptors (Lipinski definition) is 6. The van der Waals surface area contributed by atoms with Crippen molar-refractivity contribution < 1.29 is 9.84 Å². The second-order valence-electron chi connectivity index (χ2n) is 9.65. The van der Waals surface area contributed by atoms with Gasteiger partial charge in [-0.15, -0.1) is 0 Å². The maximum atomic E-state index is 11.1. The van der Waals surface area contributed by atoms with Crippen LogP contribution in [0.5, 0.6) is 5.88 Å². The van der Waals surface area contributed by atoms with Gasteiger partial charge in [-0.05, 0) is 38.8 Å². The van der Waals surface area contributed by atoms with E-state index in [4.69, 9.17) is 14.7 Å². The van der Waals surface area contributed by atoms with Gasteiger partial charge >= 0.3 is 0 Å². The highest BCUT2D eigenvalue weighted by Gasteiger charge is 2.27. The number of aromatic nitrogens is 3. The van der Waals surface area contributed by atoms with Crippen LogP contribution in [0.1, 0.15) is 50.9 Å². The van der Waals surface area contributed by atoms with E-state index in [2.05, 4.69) is 48.3 Å². The number of nitrogens with one attached hydrogen (secondary N) is 1. The lowest BCUT2D eigenvalue weighted by Gasteiger charge is -2.35. The number of nitrogens with zero attached hydrogens (tertiary/aromatic N) is 4. The van der Waals surface area contributed by atoms with E-state index in [0.717, 1.165) is 16.5 Å². The summed E-state index contributed by atoms with van der Waals surface area (Å²) < 4.78 is 7.77. The van der Waals surface area contributed by atoms with Crippen LogP contribution in [-0.2, 0) is 4.74 Å². The Morgan fingerprint density at radius 3 is 2.03 bits per heavy atom. The predicted molar refractivity (Wildman–Crippen MR) is 140 cm³/mol. The summed E-state index contributed by atoms with van der Waals surface area (Å²) in [5.74, 6) is 1.45. The van der Waals surface area contributed by atoms with Gasteiger partial charge in [-0.1, -0.05) is 60.7 Å². The molecule has 0 radical (unpaired) electrons. The minimum Gasteiger partial charge on any atom is -0.493 e. The lowest BCUT2D eigenvalue weighted by molar-refractivity contribution is -0.00569. The molecule has 1 saturated heterocycles. The highest BCUT2D eigenvalue weighted by molar-refractivity contribution is 5.94. The molecular formula is C28H33N5O2. The number of rotatable bonds is 6. The molecule has 2 aromatic carbocycles. The van der Waals surface area contributed by atoms with E-state index in [0.29, 0.717) is 30.4 Å². The van der Waals surface area contributed by atoms with Crippen molar-refractivity contribution in [2.24, 2.45) is 0 Å². The highest BCUT2D eigenvalue weighted by atomic mass is 16.5. The molecule has 2 N–H and O–H groups in total. The van der Waals surface area contributed by atoms with Crippen molar-refractivity contribution in [1.29, 1.82) is 0 Å². The molecule has 182 valence electrons. The van der Waals surface area contributed by atoms with E-state index in [1.807, 2.05) is 61.0 Å². The molecule has 7 nitrogen and oxygen atoms in total. The Kier molecular flexibility index (Phi) is 6.34. The normalized spacial score (nSPS) is 18.5. The van der Waals surface area contributed by atoms with E-state index in [9.17, 15) is 5.11 Å². The van der Waals surface area contributed by atoms with Crippen molar-refractivity contribution in [3.63, 3.8) is 0 Å². The molecule has 2 unspecified atom stereocenters. The molecule has 4 aromatic rings. The number of ether oxygens (including phenoxy) is 1. The minimum atomic E-state index is -0.115. The molecule has 0 bridgehead atoms. The molecule has 1 aliphatic rings. The lowest BCUT2D eigenvalue weighted by Crippen LogP contribution is -2.46. The van der Waals surface area contributed by atoms with Crippen LogP contribution in [0, 0.1) is 0 Å². The van der Waals surface area contributed by atoms with Crippen LogP contribution in [0.15, 0.2) is 66.9 Å². The zero-order valence-corrected chi connectivity index (χ0v) is 20.7. The van der Waals surface area contributed by atoms with Gasteiger partial charge in [-0.3, -0.25) is 0 Å². The third-order valence-corrected chi connectivity index (χ3v) is 6.46. The van der Waals surface area contributed by atoms with Crippen LogP contribution in [0.25, 0.3) is 10.9 Å². The van der Waals surface area contributed by atoms with Gasteiger partial charge in [0, 0.05) is 25.3 Å². The molecule has 5 rings (SSSR count). The van der Waals surface area contributed by atoms with E-state index in [1.165, 1.54) is 0 Å². The van der Waals surface area contributed by atoms with Crippen molar-refractivity contribution in [3.8, 4) is 5.88 Å². The molecule has 3 heterocycles. The zero-order chi connectivity index (χ0) is 24.5. The van der Waals surface area contributed by atoms with Gasteiger partial charge in [0.1, 0.15) is 11.3 Å². The molecular weight excluding hydrogens is 438 g/mol. The van der Waals surface area contributed by atoms with Gasteiger partial charge < -0.3 is 24.6 Å². The van der Waals surface area contributed by atoms with Gasteiger partial charge in [0.05, 0.1) is 23.6 Å². The van der Waals surface area contributed by atoms with Crippen molar-refractivity contribution in [2.75, 3.05) is 23.3 Å². The summed E-state index contributed by atoms with van der Waals surface area (Å²) in [7, 11) is 0. The van der Waals surface area contributed by atoms with Crippen LogP contribution in [0.4, 0.5) is 11.8 Å². The van der Waals surface area contributed by atoms with Crippen LogP contribution in [0.2, 0.25) is 0 Å². The van der Waals surface area contributed by atoms with Crippen LogP contribution in [-0.4, -0.2) is 44.9 Å². The van der Waals surface area contributed by atoms with Gasteiger partial charge in [0.2, 0.25) is 11.8 Å². The van der Waals surface area contributed by atoms with Crippen molar-refractivity contribution in [3.05, 3.63) is 78.0 Å². The molecule has 1 aliphatic heterocycles. The summed E-state index contributed by atoms with van der Waals surface area (Å²) in [6.07, 6.45) is 2.09. The van der Waals surface area contributed by atoms with Gasteiger partial charge in [-0.2, -0.15) is 4.98 Å². The maximum absolute atomic E-state index is 11.1. The van der Waals surface area contributed by atoms with E-state index in [1.54, 1.807) is 0 Å². The number of hydrogen-bond donors (Lipinski definition) is 2. The van der Waals surface area contributed by atoms with Crippen LogP contribution < -0.4 is 10.2 Å². The summed E-state index contributed by atoms with van der Waals surface area (Å²) in [6.45, 7) is 9.61. The summed E-state index contributed by atoms with van der Waals surface area (Å²) in [5, 5.41) is 15.6. The fourth-order valence-electron chi connectivity index (χ4n) is 4.85.